The van der Waals surface area contributed by atoms with Crippen LogP contribution in [0.25, 0.3) is 0 Å². The molecule has 0 bridgehead atoms. The van der Waals surface area contributed by atoms with Crippen LogP contribution in [0.3, 0.4) is 0 Å². The molecule has 74 valence electrons. The van der Waals surface area contributed by atoms with Gasteiger partial charge in [0.05, 0.1) is 9.64 Å². The van der Waals surface area contributed by atoms with Crippen LogP contribution in [0, 0.1) is 11.8 Å². The molecule has 2 nitrogen and oxygen atoms in total. The monoisotopic (exact) mass is 208 g/mol. The van der Waals surface area contributed by atoms with E-state index in [9.17, 15) is 8.42 Å². The van der Waals surface area contributed by atoms with Crippen LogP contribution in [0.1, 0.15) is 13.3 Å². The molecule has 0 N–H and O–H groups in total. The molecule has 0 aliphatic heterocycles. The normalized spacial score (nSPS) is 38.9. The Bertz CT molecular complexity index is 471. The molecule has 0 amide bonds. The average Bonchev–Trinajstić information content (AvgIpc) is 3.06. The molecular formula is C11H12O2S. The summed E-state index contributed by atoms with van der Waals surface area (Å²) in [5, 5.41) is 0. The van der Waals surface area contributed by atoms with E-state index in [4.69, 9.17) is 0 Å². The van der Waals surface area contributed by atoms with E-state index in [0.717, 1.165) is 6.42 Å². The Morgan fingerprint density at radius 1 is 1.29 bits per heavy atom. The van der Waals surface area contributed by atoms with E-state index in [0.29, 0.717) is 16.7 Å². The zero-order valence-corrected chi connectivity index (χ0v) is 8.79. The minimum atomic E-state index is -3.04. The molecule has 0 heterocycles. The van der Waals surface area contributed by atoms with Gasteiger partial charge in [-0.2, -0.15) is 0 Å². The Morgan fingerprint density at radius 3 is 2.29 bits per heavy atom. The summed E-state index contributed by atoms with van der Waals surface area (Å²) in [7, 11) is -3.04. The Morgan fingerprint density at radius 2 is 1.86 bits per heavy atom. The van der Waals surface area contributed by atoms with Crippen molar-refractivity contribution < 1.29 is 8.42 Å². The number of rotatable bonds is 2. The van der Waals surface area contributed by atoms with Gasteiger partial charge in [0.1, 0.15) is 0 Å². The van der Waals surface area contributed by atoms with Crippen LogP contribution in [0.4, 0.5) is 0 Å². The quantitative estimate of drug-likeness (QED) is 0.743. The number of hydrogen-bond acceptors (Lipinski definition) is 2. The van der Waals surface area contributed by atoms with E-state index in [1.54, 1.807) is 24.3 Å². The predicted molar refractivity (Wildman–Crippen MR) is 53.6 cm³/mol. The Labute approximate surface area is 83.9 Å². The van der Waals surface area contributed by atoms with Crippen molar-refractivity contribution in [2.45, 2.75) is 23.0 Å². The summed E-state index contributed by atoms with van der Waals surface area (Å²) in [5.41, 5.74) is 0. The molecule has 14 heavy (non-hydrogen) atoms. The highest BCUT2D eigenvalue weighted by atomic mass is 32.2. The van der Waals surface area contributed by atoms with Crippen LogP contribution in [0.5, 0.6) is 0 Å². The van der Waals surface area contributed by atoms with Crippen molar-refractivity contribution in [2.75, 3.05) is 0 Å². The topological polar surface area (TPSA) is 34.1 Å². The summed E-state index contributed by atoms with van der Waals surface area (Å²) in [6.45, 7) is 2.04. The van der Waals surface area contributed by atoms with Crippen molar-refractivity contribution in [3.8, 4) is 0 Å². The summed E-state index contributed by atoms with van der Waals surface area (Å²) >= 11 is 0. The van der Waals surface area contributed by atoms with Crippen molar-refractivity contribution in [1.29, 1.82) is 0 Å². The number of hydrogen-bond donors (Lipinski definition) is 0. The van der Waals surface area contributed by atoms with Gasteiger partial charge in [-0.25, -0.2) is 8.42 Å². The summed E-state index contributed by atoms with van der Waals surface area (Å²) in [6.07, 6.45) is 0.880. The molecule has 2 aliphatic rings. The Kier molecular flexibility index (Phi) is 1.34. The second-order valence-electron chi connectivity index (χ2n) is 4.37. The molecule has 2 saturated carbocycles. The van der Waals surface area contributed by atoms with Crippen molar-refractivity contribution in [1.82, 2.24) is 0 Å². The SMILES string of the molecule is CC1C2CC12S(=O)(=O)c1ccccc1. The Balaban J connectivity index is 2.08. The maximum absolute atomic E-state index is 12.2. The number of sulfone groups is 1. The third kappa shape index (κ3) is 0.753. The first kappa shape index (κ1) is 8.48. The van der Waals surface area contributed by atoms with Gasteiger partial charge in [-0.05, 0) is 30.4 Å². The fourth-order valence-corrected chi connectivity index (χ4v) is 5.09. The van der Waals surface area contributed by atoms with Gasteiger partial charge in [-0.1, -0.05) is 25.1 Å². The highest BCUT2D eigenvalue weighted by Gasteiger charge is 2.83. The average molecular weight is 208 g/mol. The molecule has 1 aromatic carbocycles. The first-order chi connectivity index (χ1) is 6.61. The maximum Gasteiger partial charge on any atom is 0.184 e. The lowest BCUT2D eigenvalue weighted by Gasteiger charge is -2.09. The lowest BCUT2D eigenvalue weighted by molar-refractivity contribution is 0.573. The van der Waals surface area contributed by atoms with Gasteiger partial charge in [0.2, 0.25) is 0 Å². The predicted octanol–water partition coefficient (Wildman–Crippen LogP) is 1.87. The highest BCUT2D eigenvalue weighted by molar-refractivity contribution is 7.93. The smallest absolute Gasteiger partial charge is 0.184 e. The van der Waals surface area contributed by atoms with Crippen molar-refractivity contribution in [3.05, 3.63) is 30.3 Å². The second-order valence-corrected chi connectivity index (χ2v) is 6.61. The van der Waals surface area contributed by atoms with Crippen molar-refractivity contribution >= 4 is 9.84 Å². The molecular weight excluding hydrogens is 196 g/mol. The lowest BCUT2D eigenvalue weighted by Crippen LogP contribution is -2.17. The van der Waals surface area contributed by atoms with Gasteiger partial charge in [0.15, 0.2) is 9.84 Å². The molecule has 3 heteroatoms. The molecule has 2 fully saturated rings. The molecule has 0 saturated heterocycles. The zero-order chi connectivity index (χ0) is 9.97. The third-order valence-electron chi connectivity index (χ3n) is 3.83. The first-order valence-corrected chi connectivity index (χ1v) is 6.39. The van der Waals surface area contributed by atoms with Crippen molar-refractivity contribution in [3.63, 3.8) is 0 Å². The molecule has 3 unspecified atom stereocenters. The molecule has 3 rings (SSSR count). The van der Waals surface area contributed by atoms with Crippen molar-refractivity contribution in [2.24, 2.45) is 11.8 Å². The fraction of sp³-hybridized carbons (Fsp3) is 0.455. The molecule has 1 aromatic rings. The lowest BCUT2D eigenvalue weighted by atomic mass is 10.2. The molecule has 2 aliphatic carbocycles. The third-order valence-corrected chi connectivity index (χ3v) is 6.56. The minimum Gasteiger partial charge on any atom is -0.223 e. The van der Waals surface area contributed by atoms with Gasteiger partial charge < -0.3 is 0 Å². The van der Waals surface area contributed by atoms with E-state index < -0.39 is 9.84 Å². The molecule has 0 spiro atoms. The van der Waals surface area contributed by atoms with Crippen LogP contribution in [0.2, 0.25) is 0 Å². The largest absolute Gasteiger partial charge is 0.223 e. The van der Waals surface area contributed by atoms with Gasteiger partial charge in [-0.3, -0.25) is 0 Å². The standard InChI is InChI=1S/C11H12O2S/c1-8-10-7-11(8,10)14(12,13)9-5-3-2-4-6-9/h2-6,8,10H,7H2,1H3. The summed E-state index contributed by atoms with van der Waals surface area (Å²) in [4.78, 5) is 0.492. The molecule has 3 atom stereocenters. The Hall–Kier alpha value is -0.830. The molecule has 0 aromatic heterocycles. The number of fused-ring (bicyclic) bond motifs is 1. The highest BCUT2D eigenvalue weighted by Crippen LogP contribution is 2.77. The van der Waals surface area contributed by atoms with Crippen LogP contribution in [-0.2, 0) is 9.84 Å². The summed E-state index contributed by atoms with van der Waals surface area (Å²) in [5.74, 6) is 0.834. The maximum atomic E-state index is 12.2. The van der Waals surface area contributed by atoms with Crippen LogP contribution in [0.15, 0.2) is 35.2 Å². The fourth-order valence-electron chi connectivity index (χ4n) is 2.55. The zero-order valence-electron chi connectivity index (χ0n) is 7.97. The van der Waals surface area contributed by atoms with E-state index in [1.807, 2.05) is 13.0 Å². The van der Waals surface area contributed by atoms with E-state index >= 15 is 0 Å². The van der Waals surface area contributed by atoms with Crippen LogP contribution < -0.4 is 0 Å². The molecule has 0 radical (unpaired) electrons. The number of benzene rings is 1. The van der Waals surface area contributed by atoms with Crippen LogP contribution >= 0.6 is 0 Å². The van der Waals surface area contributed by atoms with Gasteiger partial charge in [-0.15, -0.1) is 0 Å². The van der Waals surface area contributed by atoms with Crippen LogP contribution in [-0.4, -0.2) is 13.2 Å². The summed E-state index contributed by atoms with van der Waals surface area (Å²) < 4.78 is 24.0. The van der Waals surface area contributed by atoms with E-state index in [2.05, 4.69) is 0 Å². The van der Waals surface area contributed by atoms with Gasteiger partial charge in [0, 0.05) is 0 Å². The second kappa shape index (κ2) is 2.22. The summed E-state index contributed by atoms with van der Waals surface area (Å²) in [6, 6.07) is 8.81. The first-order valence-electron chi connectivity index (χ1n) is 4.90. The van der Waals surface area contributed by atoms with Gasteiger partial charge >= 0.3 is 0 Å². The minimum absolute atomic E-state index is 0.353. The van der Waals surface area contributed by atoms with Gasteiger partial charge in [0.25, 0.3) is 0 Å². The van der Waals surface area contributed by atoms with E-state index in [1.165, 1.54) is 0 Å². The van der Waals surface area contributed by atoms with E-state index in [-0.39, 0.29) is 4.75 Å².